The van der Waals surface area contributed by atoms with Crippen LogP contribution in [0.1, 0.15) is 17.4 Å². The summed E-state index contributed by atoms with van der Waals surface area (Å²) in [5, 5.41) is 10.5. The molecular weight excluding hydrogens is 212 g/mol. The third-order valence-corrected chi connectivity index (χ3v) is 2.47. The molecule has 0 amide bonds. The van der Waals surface area contributed by atoms with Gasteiger partial charge < -0.3 is 9.52 Å². The van der Waals surface area contributed by atoms with Crippen molar-refractivity contribution in [1.82, 2.24) is 0 Å². The second-order valence-corrected chi connectivity index (χ2v) is 3.80. The maximum absolute atomic E-state index is 9.81. The normalized spacial score (nSPS) is 12.7. The zero-order valence-electron chi connectivity index (χ0n) is 8.06. The zero-order chi connectivity index (χ0) is 10.7. The van der Waals surface area contributed by atoms with E-state index in [1.165, 1.54) is 0 Å². The van der Waals surface area contributed by atoms with E-state index in [9.17, 15) is 5.11 Å². The van der Waals surface area contributed by atoms with Crippen molar-refractivity contribution in [3.8, 4) is 0 Å². The Morgan fingerprint density at radius 2 is 1.93 bits per heavy atom. The minimum atomic E-state index is -0.596. The lowest BCUT2D eigenvalue weighted by Crippen LogP contribution is -1.99. The molecule has 0 aliphatic heterocycles. The van der Waals surface area contributed by atoms with Gasteiger partial charge in [0, 0.05) is 11.4 Å². The highest BCUT2D eigenvalue weighted by Crippen LogP contribution is 2.19. The lowest BCUT2D eigenvalue weighted by atomic mass is 10.1. The SMILES string of the molecule is OC(Cc1ccc(Cl)cc1)c1ccco1. The monoisotopic (exact) mass is 222 g/mol. The third kappa shape index (κ3) is 2.61. The van der Waals surface area contributed by atoms with Gasteiger partial charge >= 0.3 is 0 Å². The number of aliphatic hydroxyl groups excluding tert-OH is 1. The first kappa shape index (κ1) is 10.3. The van der Waals surface area contributed by atoms with E-state index in [-0.39, 0.29) is 0 Å². The molecule has 3 heteroatoms. The van der Waals surface area contributed by atoms with E-state index in [0.717, 1.165) is 5.56 Å². The molecular formula is C12H11ClO2. The van der Waals surface area contributed by atoms with Gasteiger partial charge in [0.05, 0.1) is 6.26 Å². The summed E-state index contributed by atoms with van der Waals surface area (Å²) in [4.78, 5) is 0. The Morgan fingerprint density at radius 1 is 1.20 bits per heavy atom. The highest BCUT2D eigenvalue weighted by atomic mass is 35.5. The van der Waals surface area contributed by atoms with Crippen molar-refractivity contribution in [2.24, 2.45) is 0 Å². The van der Waals surface area contributed by atoms with Crippen LogP contribution in [0.25, 0.3) is 0 Å². The van der Waals surface area contributed by atoms with Crippen molar-refractivity contribution in [2.75, 3.05) is 0 Å². The highest BCUT2D eigenvalue weighted by molar-refractivity contribution is 6.30. The van der Waals surface area contributed by atoms with Crippen molar-refractivity contribution in [2.45, 2.75) is 12.5 Å². The van der Waals surface area contributed by atoms with Crippen LogP contribution >= 0.6 is 11.6 Å². The van der Waals surface area contributed by atoms with Gasteiger partial charge in [-0.15, -0.1) is 0 Å². The molecule has 1 N–H and O–H groups in total. The van der Waals surface area contributed by atoms with Crippen molar-refractivity contribution >= 4 is 11.6 Å². The van der Waals surface area contributed by atoms with Crippen LogP contribution in [-0.4, -0.2) is 5.11 Å². The molecule has 1 aromatic carbocycles. The van der Waals surface area contributed by atoms with E-state index in [1.807, 2.05) is 24.3 Å². The average molecular weight is 223 g/mol. The number of hydrogen-bond acceptors (Lipinski definition) is 2. The molecule has 2 nitrogen and oxygen atoms in total. The third-order valence-electron chi connectivity index (χ3n) is 2.21. The topological polar surface area (TPSA) is 33.4 Å². The van der Waals surface area contributed by atoms with E-state index in [0.29, 0.717) is 17.2 Å². The molecule has 78 valence electrons. The van der Waals surface area contributed by atoms with Crippen molar-refractivity contribution in [1.29, 1.82) is 0 Å². The summed E-state index contributed by atoms with van der Waals surface area (Å²) in [5.41, 5.74) is 1.03. The molecule has 2 rings (SSSR count). The lowest BCUT2D eigenvalue weighted by molar-refractivity contribution is 0.150. The Labute approximate surface area is 93.1 Å². The van der Waals surface area contributed by atoms with Gasteiger partial charge in [-0.25, -0.2) is 0 Å². The van der Waals surface area contributed by atoms with Crippen molar-refractivity contribution in [3.63, 3.8) is 0 Å². The van der Waals surface area contributed by atoms with Crippen LogP contribution in [-0.2, 0) is 6.42 Å². The average Bonchev–Trinajstić information content (AvgIpc) is 2.74. The molecule has 0 bridgehead atoms. The number of halogens is 1. The Morgan fingerprint density at radius 3 is 2.53 bits per heavy atom. The van der Waals surface area contributed by atoms with Crippen molar-refractivity contribution < 1.29 is 9.52 Å². The maximum Gasteiger partial charge on any atom is 0.132 e. The molecule has 0 aliphatic carbocycles. The molecule has 0 saturated carbocycles. The molecule has 1 unspecified atom stereocenters. The van der Waals surface area contributed by atoms with Crippen LogP contribution in [0, 0.1) is 0 Å². The molecule has 0 spiro atoms. The van der Waals surface area contributed by atoms with Gasteiger partial charge in [-0.2, -0.15) is 0 Å². The molecule has 2 aromatic rings. The predicted molar refractivity (Wildman–Crippen MR) is 58.8 cm³/mol. The van der Waals surface area contributed by atoms with Crippen LogP contribution in [0.2, 0.25) is 5.02 Å². The zero-order valence-corrected chi connectivity index (χ0v) is 8.82. The van der Waals surface area contributed by atoms with Gasteiger partial charge in [0.25, 0.3) is 0 Å². The first-order valence-electron chi connectivity index (χ1n) is 4.71. The quantitative estimate of drug-likeness (QED) is 0.865. The minimum absolute atomic E-state index is 0.532. The van der Waals surface area contributed by atoms with Gasteiger partial charge in [0.15, 0.2) is 0 Å². The fourth-order valence-electron chi connectivity index (χ4n) is 1.43. The summed E-state index contributed by atoms with van der Waals surface area (Å²) < 4.78 is 5.12. The minimum Gasteiger partial charge on any atom is -0.467 e. The van der Waals surface area contributed by atoms with Gasteiger partial charge in [-0.05, 0) is 29.8 Å². The van der Waals surface area contributed by atoms with Gasteiger partial charge in [0.1, 0.15) is 11.9 Å². The van der Waals surface area contributed by atoms with Crippen LogP contribution in [0.15, 0.2) is 47.1 Å². The van der Waals surface area contributed by atoms with E-state index >= 15 is 0 Å². The Bertz CT molecular complexity index is 406. The Kier molecular flexibility index (Phi) is 3.09. The predicted octanol–water partition coefficient (Wildman–Crippen LogP) is 3.21. The van der Waals surface area contributed by atoms with E-state index in [4.69, 9.17) is 16.0 Å². The molecule has 0 fully saturated rings. The van der Waals surface area contributed by atoms with E-state index < -0.39 is 6.10 Å². The number of furan rings is 1. The van der Waals surface area contributed by atoms with Gasteiger partial charge in [-0.3, -0.25) is 0 Å². The van der Waals surface area contributed by atoms with Crippen LogP contribution in [0.4, 0.5) is 0 Å². The Hall–Kier alpha value is -1.25. The number of benzene rings is 1. The molecule has 0 radical (unpaired) electrons. The first-order valence-corrected chi connectivity index (χ1v) is 5.09. The number of aliphatic hydroxyl groups is 1. The number of rotatable bonds is 3. The smallest absolute Gasteiger partial charge is 0.132 e. The summed E-state index contributed by atoms with van der Waals surface area (Å²) in [7, 11) is 0. The van der Waals surface area contributed by atoms with Crippen molar-refractivity contribution in [3.05, 3.63) is 59.0 Å². The second-order valence-electron chi connectivity index (χ2n) is 3.36. The highest BCUT2D eigenvalue weighted by Gasteiger charge is 2.10. The van der Waals surface area contributed by atoms with Gasteiger partial charge in [-0.1, -0.05) is 23.7 Å². The van der Waals surface area contributed by atoms with Crippen LogP contribution < -0.4 is 0 Å². The lowest BCUT2D eigenvalue weighted by Gasteiger charge is -2.07. The van der Waals surface area contributed by atoms with Crippen LogP contribution in [0.3, 0.4) is 0 Å². The standard InChI is InChI=1S/C12H11ClO2/c13-10-5-3-9(4-6-10)8-11(14)12-2-1-7-15-12/h1-7,11,14H,8H2. The van der Waals surface area contributed by atoms with Gasteiger partial charge in [0.2, 0.25) is 0 Å². The molecule has 1 aromatic heterocycles. The van der Waals surface area contributed by atoms with E-state index in [1.54, 1.807) is 18.4 Å². The van der Waals surface area contributed by atoms with Crippen LogP contribution in [0.5, 0.6) is 0 Å². The Balaban J connectivity index is 2.06. The maximum atomic E-state index is 9.81. The summed E-state index contributed by atoms with van der Waals surface area (Å²) in [5.74, 6) is 0.588. The number of hydrogen-bond donors (Lipinski definition) is 1. The summed E-state index contributed by atoms with van der Waals surface area (Å²) in [6.07, 6.45) is 1.49. The summed E-state index contributed by atoms with van der Waals surface area (Å²) >= 11 is 5.77. The fraction of sp³-hybridized carbons (Fsp3) is 0.167. The molecule has 1 atom stereocenters. The molecule has 15 heavy (non-hydrogen) atoms. The molecule has 0 aliphatic rings. The summed E-state index contributed by atoms with van der Waals surface area (Å²) in [6, 6.07) is 10.9. The molecule has 1 heterocycles. The second kappa shape index (κ2) is 4.51. The fourth-order valence-corrected chi connectivity index (χ4v) is 1.55. The summed E-state index contributed by atoms with van der Waals surface area (Å²) in [6.45, 7) is 0. The largest absolute Gasteiger partial charge is 0.467 e. The first-order chi connectivity index (χ1) is 7.25. The molecule has 0 saturated heterocycles. The van der Waals surface area contributed by atoms with E-state index in [2.05, 4.69) is 0 Å².